The molecule has 1 rings (SSSR count). The Morgan fingerprint density at radius 1 is 1.39 bits per heavy atom. The number of hydrogen-bond acceptors (Lipinski definition) is 3. The predicted octanol–water partition coefficient (Wildman–Crippen LogP) is 3.13. The van der Waals surface area contributed by atoms with Crippen LogP contribution in [-0.4, -0.2) is 19.6 Å². The third-order valence-corrected chi connectivity index (χ3v) is 3.56. The molecular weight excluding hydrogens is 290 g/mol. The summed E-state index contributed by atoms with van der Waals surface area (Å²) in [6.07, 6.45) is 0.947. The molecule has 0 amide bonds. The molecule has 0 aliphatic carbocycles. The topological polar surface area (TPSA) is 53.0 Å². The minimum absolute atomic E-state index is 0.218. The van der Waals surface area contributed by atoms with Crippen LogP contribution < -0.4 is 10.6 Å². The standard InChI is InChI=1S/C14H20BrN3/c1-10(2)14(17)4-5-18(3)13-7-11(9-16)6-12(15)8-13/h6-8,10,14H,4-5,17H2,1-3H3. The molecule has 0 bridgehead atoms. The zero-order chi connectivity index (χ0) is 13.7. The van der Waals surface area contributed by atoms with Crippen molar-refractivity contribution in [2.24, 2.45) is 11.7 Å². The zero-order valence-corrected chi connectivity index (χ0v) is 12.7. The van der Waals surface area contributed by atoms with Crippen molar-refractivity contribution in [1.29, 1.82) is 5.26 Å². The summed E-state index contributed by atoms with van der Waals surface area (Å²) in [5, 5.41) is 8.95. The van der Waals surface area contributed by atoms with Gasteiger partial charge in [0.05, 0.1) is 11.6 Å². The van der Waals surface area contributed by atoms with Crippen molar-refractivity contribution >= 4 is 21.6 Å². The molecule has 0 heterocycles. The van der Waals surface area contributed by atoms with Crippen molar-refractivity contribution in [2.45, 2.75) is 26.3 Å². The predicted molar refractivity (Wildman–Crippen MR) is 79.6 cm³/mol. The Balaban J connectivity index is 2.70. The van der Waals surface area contributed by atoms with E-state index in [0.29, 0.717) is 11.5 Å². The van der Waals surface area contributed by atoms with Crippen LogP contribution in [0.4, 0.5) is 5.69 Å². The summed E-state index contributed by atoms with van der Waals surface area (Å²) in [5.41, 5.74) is 7.75. The summed E-state index contributed by atoms with van der Waals surface area (Å²) in [6, 6.07) is 8.11. The number of benzene rings is 1. The summed E-state index contributed by atoms with van der Waals surface area (Å²) in [5.74, 6) is 0.496. The third kappa shape index (κ3) is 4.32. The number of nitrogens with zero attached hydrogens (tertiary/aromatic N) is 2. The summed E-state index contributed by atoms with van der Waals surface area (Å²) in [4.78, 5) is 2.13. The van der Waals surface area contributed by atoms with Crippen LogP contribution >= 0.6 is 15.9 Å². The van der Waals surface area contributed by atoms with E-state index in [2.05, 4.69) is 40.7 Å². The molecule has 0 aromatic heterocycles. The van der Waals surface area contributed by atoms with E-state index in [-0.39, 0.29) is 6.04 Å². The molecule has 0 saturated carbocycles. The van der Waals surface area contributed by atoms with Gasteiger partial charge in [-0.3, -0.25) is 0 Å². The van der Waals surface area contributed by atoms with Gasteiger partial charge in [-0.15, -0.1) is 0 Å². The highest BCUT2D eigenvalue weighted by Crippen LogP contribution is 2.22. The Morgan fingerprint density at radius 2 is 2.06 bits per heavy atom. The van der Waals surface area contributed by atoms with Crippen molar-refractivity contribution < 1.29 is 0 Å². The Hall–Kier alpha value is -1.05. The molecule has 0 spiro atoms. The van der Waals surface area contributed by atoms with Gasteiger partial charge in [-0.2, -0.15) is 5.26 Å². The molecule has 0 aliphatic rings. The Morgan fingerprint density at radius 3 is 2.61 bits per heavy atom. The molecule has 1 aromatic rings. The van der Waals surface area contributed by atoms with E-state index in [1.165, 1.54) is 0 Å². The maximum absolute atomic E-state index is 8.95. The number of nitriles is 1. The lowest BCUT2D eigenvalue weighted by Gasteiger charge is -2.23. The maximum Gasteiger partial charge on any atom is 0.0992 e. The van der Waals surface area contributed by atoms with Crippen molar-refractivity contribution in [3.8, 4) is 6.07 Å². The minimum Gasteiger partial charge on any atom is -0.374 e. The molecule has 4 heteroatoms. The number of halogens is 1. The molecule has 0 saturated heterocycles. The van der Waals surface area contributed by atoms with Gasteiger partial charge in [-0.1, -0.05) is 29.8 Å². The summed E-state index contributed by atoms with van der Waals surface area (Å²) < 4.78 is 0.927. The van der Waals surface area contributed by atoms with Gasteiger partial charge in [0.1, 0.15) is 0 Å². The average Bonchev–Trinajstić information content (AvgIpc) is 2.34. The normalized spacial score (nSPS) is 12.3. The number of rotatable bonds is 5. The molecule has 0 radical (unpaired) electrons. The van der Waals surface area contributed by atoms with Crippen LogP contribution in [-0.2, 0) is 0 Å². The highest BCUT2D eigenvalue weighted by atomic mass is 79.9. The molecule has 2 N–H and O–H groups in total. The number of anilines is 1. The molecule has 98 valence electrons. The third-order valence-electron chi connectivity index (χ3n) is 3.11. The number of nitrogens with two attached hydrogens (primary N) is 1. The van der Waals surface area contributed by atoms with Gasteiger partial charge < -0.3 is 10.6 Å². The second kappa shape index (κ2) is 6.77. The first-order chi connectivity index (χ1) is 8.43. The molecule has 1 aromatic carbocycles. The molecular formula is C14H20BrN3. The molecule has 1 atom stereocenters. The second-order valence-electron chi connectivity index (χ2n) is 4.93. The lowest BCUT2D eigenvalue weighted by Crippen LogP contribution is -2.31. The second-order valence-corrected chi connectivity index (χ2v) is 5.84. The van der Waals surface area contributed by atoms with Crippen molar-refractivity contribution in [1.82, 2.24) is 0 Å². The fourth-order valence-corrected chi connectivity index (χ4v) is 2.15. The van der Waals surface area contributed by atoms with Crippen LogP contribution in [0.3, 0.4) is 0 Å². The zero-order valence-electron chi connectivity index (χ0n) is 11.2. The van der Waals surface area contributed by atoms with Crippen LogP contribution in [0, 0.1) is 17.2 Å². The van der Waals surface area contributed by atoms with E-state index in [0.717, 1.165) is 23.1 Å². The Bertz CT molecular complexity index is 437. The van der Waals surface area contributed by atoms with Gasteiger partial charge in [-0.05, 0) is 30.5 Å². The van der Waals surface area contributed by atoms with Crippen LogP contribution in [0.5, 0.6) is 0 Å². The van der Waals surface area contributed by atoms with Crippen molar-refractivity contribution in [3.05, 3.63) is 28.2 Å². The number of hydrogen-bond donors (Lipinski definition) is 1. The molecule has 0 aliphatic heterocycles. The lowest BCUT2D eigenvalue weighted by molar-refractivity contribution is 0.466. The largest absolute Gasteiger partial charge is 0.374 e. The Labute approximate surface area is 118 Å². The molecule has 0 fully saturated rings. The van der Waals surface area contributed by atoms with E-state index in [1.54, 1.807) is 0 Å². The molecule has 3 nitrogen and oxygen atoms in total. The fourth-order valence-electron chi connectivity index (χ4n) is 1.66. The molecule has 18 heavy (non-hydrogen) atoms. The quantitative estimate of drug-likeness (QED) is 0.909. The van der Waals surface area contributed by atoms with E-state index in [9.17, 15) is 0 Å². The van der Waals surface area contributed by atoms with Gasteiger partial charge in [-0.25, -0.2) is 0 Å². The fraction of sp³-hybridized carbons (Fsp3) is 0.500. The van der Waals surface area contributed by atoms with Crippen molar-refractivity contribution in [2.75, 3.05) is 18.5 Å². The summed E-state index contributed by atoms with van der Waals surface area (Å²) >= 11 is 3.42. The highest BCUT2D eigenvalue weighted by molar-refractivity contribution is 9.10. The van der Waals surface area contributed by atoms with Crippen LogP contribution in [0.2, 0.25) is 0 Å². The van der Waals surface area contributed by atoms with Gasteiger partial charge >= 0.3 is 0 Å². The van der Waals surface area contributed by atoms with Gasteiger partial charge in [0.2, 0.25) is 0 Å². The summed E-state index contributed by atoms with van der Waals surface area (Å²) in [6.45, 7) is 5.16. The van der Waals surface area contributed by atoms with Gasteiger partial charge in [0.25, 0.3) is 0 Å². The Kier molecular flexibility index (Phi) is 5.64. The van der Waals surface area contributed by atoms with Gasteiger partial charge in [0.15, 0.2) is 0 Å². The van der Waals surface area contributed by atoms with Crippen LogP contribution in [0.15, 0.2) is 22.7 Å². The first kappa shape index (κ1) is 15.0. The van der Waals surface area contributed by atoms with E-state index >= 15 is 0 Å². The average molecular weight is 310 g/mol. The highest BCUT2D eigenvalue weighted by Gasteiger charge is 2.10. The monoisotopic (exact) mass is 309 g/mol. The van der Waals surface area contributed by atoms with Crippen molar-refractivity contribution in [3.63, 3.8) is 0 Å². The first-order valence-corrected chi connectivity index (χ1v) is 6.90. The SMILES string of the molecule is CC(C)C(N)CCN(C)c1cc(Br)cc(C#N)c1. The van der Waals surface area contributed by atoms with Crippen LogP contribution in [0.25, 0.3) is 0 Å². The van der Waals surface area contributed by atoms with Gasteiger partial charge in [0, 0.05) is 29.8 Å². The van der Waals surface area contributed by atoms with Crippen LogP contribution in [0.1, 0.15) is 25.8 Å². The smallest absolute Gasteiger partial charge is 0.0992 e. The maximum atomic E-state index is 8.95. The van der Waals surface area contributed by atoms with E-state index < -0.39 is 0 Å². The van der Waals surface area contributed by atoms with E-state index in [1.807, 2.05) is 25.2 Å². The summed E-state index contributed by atoms with van der Waals surface area (Å²) in [7, 11) is 2.02. The first-order valence-electron chi connectivity index (χ1n) is 6.11. The minimum atomic E-state index is 0.218. The molecule has 1 unspecified atom stereocenters. The lowest BCUT2D eigenvalue weighted by atomic mass is 10.0. The van der Waals surface area contributed by atoms with E-state index in [4.69, 9.17) is 11.0 Å².